The maximum Gasteiger partial charge on any atom is 0.233 e. The predicted octanol–water partition coefficient (Wildman–Crippen LogP) is 2.58. The van der Waals surface area contributed by atoms with E-state index in [-0.39, 0.29) is 11.7 Å². The predicted molar refractivity (Wildman–Crippen MR) is 86.7 cm³/mol. The maximum atomic E-state index is 13.4. The summed E-state index contributed by atoms with van der Waals surface area (Å²) in [6.07, 6.45) is 3.73. The van der Waals surface area contributed by atoms with E-state index in [9.17, 15) is 9.18 Å². The Morgan fingerprint density at radius 3 is 2.54 bits per heavy atom. The number of carbonyl (C=O) groups is 1. The summed E-state index contributed by atoms with van der Waals surface area (Å²) in [4.78, 5) is 15.3. The van der Waals surface area contributed by atoms with Gasteiger partial charge in [-0.3, -0.25) is 4.79 Å². The fourth-order valence-corrected chi connectivity index (χ4v) is 4.15. The van der Waals surface area contributed by atoms with E-state index < -0.39 is 5.41 Å². The largest absolute Gasteiger partial charge is 0.333 e. The minimum absolute atomic E-state index is 0.151. The van der Waals surface area contributed by atoms with Crippen molar-refractivity contribution in [2.45, 2.75) is 51.1 Å². The average molecular weight is 328 g/mol. The molecule has 2 aromatic rings. The molecule has 1 aliphatic carbocycles. The molecule has 24 heavy (non-hydrogen) atoms. The number of aromatic nitrogens is 3. The third kappa shape index (κ3) is 2.32. The van der Waals surface area contributed by atoms with Crippen LogP contribution >= 0.6 is 0 Å². The molecule has 1 aromatic heterocycles. The summed E-state index contributed by atoms with van der Waals surface area (Å²) >= 11 is 0. The number of amides is 1. The number of carbonyl (C=O) groups excluding carboxylic acids is 1. The van der Waals surface area contributed by atoms with Crippen LogP contribution in [0.15, 0.2) is 24.3 Å². The summed E-state index contributed by atoms with van der Waals surface area (Å²) in [6.45, 7) is 3.85. The number of aryl methyl sites for hydroxylation is 1. The smallest absolute Gasteiger partial charge is 0.233 e. The summed E-state index contributed by atoms with van der Waals surface area (Å²) < 4.78 is 15.4. The molecule has 0 bridgehead atoms. The molecule has 6 heteroatoms. The number of nitrogens with zero attached hydrogens (tertiary/aromatic N) is 4. The fourth-order valence-electron chi connectivity index (χ4n) is 4.15. The van der Waals surface area contributed by atoms with Gasteiger partial charge in [0.15, 0.2) is 5.82 Å². The highest BCUT2D eigenvalue weighted by Gasteiger charge is 2.45. The Bertz CT molecular complexity index is 762. The Morgan fingerprint density at radius 1 is 1.12 bits per heavy atom. The highest BCUT2D eigenvalue weighted by molar-refractivity contribution is 5.88. The lowest BCUT2D eigenvalue weighted by molar-refractivity contribution is -0.139. The van der Waals surface area contributed by atoms with E-state index in [0.29, 0.717) is 13.1 Å². The second-order valence-corrected chi connectivity index (χ2v) is 6.84. The first-order valence-corrected chi connectivity index (χ1v) is 8.54. The topological polar surface area (TPSA) is 51.0 Å². The van der Waals surface area contributed by atoms with E-state index in [4.69, 9.17) is 0 Å². The molecule has 0 unspecified atom stereocenters. The molecule has 0 radical (unpaired) electrons. The Kier molecular flexibility index (Phi) is 3.62. The zero-order valence-electron chi connectivity index (χ0n) is 13.8. The maximum absolute atomic E-state index is 13.4. The van der Waals surface area contributed by atoms with Crippen LogP contribution in [0.3, 0.4) is 0 Å². The molecule has 0 atom stereocenters. The monoisotopic (exact) mass is 328 g/mol. The van der Waals surface area contributed by atoms with Gasteiger partial charge in [-0.05, 0) is 37.5 Å². The van der Waals surface area contributed by atoms with Gasteiger partial charge in [0.1, 0.15) is 11.6 Å². The zero-order chi connectivity index (χ0) is 16.7. The molecule has 1 aromatic carbocycles. The third-order valence-electron chi connectivity index (χ3n) is 5.49. The van der Waals surface area contributed by atoms with Crippen molar-refractivity contribution in [1.82, 2.24) is 19.7 Å². The van der Waals surface area contributed by atoms with Gasteiger partial charge < -0.3 is 9.47 Å². The van der Waals surface area contributed by atoms with Crippen LogP contribution in [0.1, 0.15) is 42.9 Å². The second-order valence-electron chi connectivity index (χ2n) is 6.84. The van der Waals surface area contributed by atoms with Gasteiger partial charge in [-0.2, -0.15) is 0 Å². The summed E-state index contributed by atoms with van der Waals surface area (Å²) in [5.41, 5.74) is 0.430. The van der Waals surface area contributed by atoms with Gasteiger partial charge in [-0.15, -0.1) is 10.2 Å². The number of hydrogen-bond donors (Lipinski definition) is 0. The van der Waals surface area contributed by atoms with E-state index in [0.717, 1.165) is 49.4 Å². The second kappa shape index (κ2) is 5.69. The minimum atomic E-state index is -0.509. The summed E-state index contributed by atoms with van der Waals surface area (Å²) in [5, 5.41) is 8.30. The Balaban J connectivity index is 1.65. The van der Waals surface area contributed by atoms with Gasteiger partial charge >= 0.3 is 0 Å². The highest BCUT2D eigenvalue weighted by atomic mass is 19.1. The van der Waals surface area contributed by atoms with Crippen LogP contribution in [0.4, 0.5) is 4.39 Å². The number of rotatable bonds is 2. The van der Waals surface area contributed by atoms with Gasteiger partial charge in [0.2, 0.25) is 5.91 Å². The minimum Gasteiger partial charge on any atom is -0.333 e. The van der Waals surface area contributed by atoms with Crippen LogP contribution in [-0.2, 0) is 23.3 Å². The normalized spacial score (nSPS) is 19.3. The molecular formula is C18H21FN4O. The van der Waals surface area contributed by atoms with Crippen LogP contribution in [0.5, 0.6) is 0 Å². The third-order valence-corrected chi connectivity index (χ3v) is 5.49. The van der Waals surface area contributed by atoms with Crippen molar-refractivity contribution in [3.8, 4) is 0 Å². The number of hydrogen-bond acceptors (Lipinski definition) is 3. The van der Waals surface area contributed by atoms with Gasteiger partial charge in [-0.25, -0.2) is 4.39 Å². The standard InChI is InChI=1S/C18H21FN4O/c1-13-20-21-16-12-22(10-11-23(13)16)17(24)18(8-2-3-9-18)14-4-6-15(19)7-5-14/h4-7H,2-3,8-12H2,1H3. The molecule has 5 nitrogen and oxygen atoms in total. The molecule has 2 heterocycles. The molecule has 0 saturated heterocycles. The van der Waals surface area contributed by atoms with Crippen molar-refractivity contribution in [1.29, 1.82) is 0 Å². The van der Waals surface area contributed by atoms with Crippen molar-refractivity contribution in [3.05, 3.63) is 47.3 Å². The van der Waals surface area contributed by atoms with E-state index in [1.165, 1.54) is 12.1 Å². The highest BCUT2D eigenvalue weighted by Crippen LogP contribution is 2.43. The van der Waals surface area contributed by atoms with Gasteiger partial charge in [0.05, 0.1) is 12.0 Å². The van der Waals surface area contributed by atoms with Crippen molar-refractivity contribution >= 4 is 5.91 Å². The van der Waals surface area contributed by atoms with Crippen molar-refractivity contribution < 1.29 is 9.18 Å². The zero-order valence-corrected chi connectivity index (χ0v) is 13.8. The molecular weight excluding hydrogens is 307 g/mol. The first-order chi connectivity index (χ1) is 11.6. The fraction of sp³-hybridized carbons (Fsp3) is 0.500. The molecule has 4 rings (SSSR count). The van der Waals surface area contributed by atoms with Gasteiger partial charge in [0, 0.05) is 13.1 Å². The molecule has 1 fully saturated rings. The SMILES string of the molecule is Cc1nnc2n1CCN(C(=O)C1(c3ccc(F)cc3)CCCC1)C2. The lowest BCUT2D eigenvalue weighted by Gasteiger charge is -2.36. The summed E-state index contributed by atoms with van der Waals surface area (Å²) in [5.74, 6) is 1.63. The molecule has 1 aliphatic heterocycles. The van der Waals surface area contributed by atoms with Crippen LogP contribution in [0.2, 0.25) is 0 Å². The van der Waals surface area contributed by atoms with Crippen molar-refractivity contribution in [2.24, 2.45) is 0 Å². The first kappa shape index (κ1) is 15.3. The lowest BCUT2D eigenvalue weighted by Crippen LogP contribution is -2.48. The van der Waals surface area contributed by atoms with Crippen LogP contribution < -0.4 is 0 Å². The molecule has 0 N–H and O–H groups in total. The summed E-state index contributed by atoms with van der Waals surface area (Å²) in [6, 6.07) is 6.46. The lowest BCUT2D eigenvalue weighted by atomic mass is 9.77. The van der Waals surface area contributed by atoms with E-state index in [2.05, 4.69) is 14.8 Å². The van der Waals surface area contributed by atoms with E-state index >= 15 is 0 Å². The van der Waals surface area contributed by atoms with Gasteiger partial charge in [0.25, 0.3) is 0 Å². The Labute approximate surface area is 140 Å². The molecule has 1 saturated carbocycles. The van der Waals surface area contributed by atoms with Gasteiger partial charge in [-0.1, -0.05) is 25.0 Å². The van der Waals surface area contributed by atoms with E-state index in [1.807, 2.05) is 11.8 Å². The van der Waals surface area contributed by atoms with Crippen LogP contribution in [0.25, 0.3) is 0 Å². The summed E-state index contributed by atoms with van der Waals surface area (Å²) in [7, 11) is 0. The van der Waals surface area contributed by atoms with Crippen molar-refractivity contribution in [3.63, 3.8) is 0 Å². The molecule has 1 amide bonds. The van der Waals surface area contributed by atoms with Crippen molar-refractivity contribution in [2.75, 3.05) is 6.54 Å². The quantitative estimate of drug-likeness (QED) is 0.851. The number of benzene rings is 1. The first-order valence-electron chi connectivity index (χ1n) is 8.54. The Hall–Kier alpha value is -2.24. The number of fused-ring (bicyclic) bond motifs is 1. The Morgan fingerprint density at radius 2 is 1.83 bits per heavy atom. The number of halogens is 1. The average Bonchev–Trinajstić information content (AvgIpc) is 3.23. The molecule has 2 aliphatic rings. The molecule has 0 spiro atoms. The van der Waals surface area contributed by atoms with E-state index in [1.54, 1.807) is 12.1 Å². The van der Waals surface area contributed by atoms with Crippen LogP contribution in [0, 0.1) is 12.7 Å². The molecule has 126 valence electrons. The van der Waals surface area contributed by atoms with Crippen LogP contribution in [-0.4, -0.2) is 32.1 Å².